The van der Waals surface area contributed by atoms with Gasteiger partial charge in [-0.2, -0.15) is 0 Å². The van der Waals surface area contributed by atoms with Gasteiger partial charge >= 0.3 is 0 Å². The summed E-state index contributed by atoms with van der Waals surface area (Å²) in [5.74, 6) is -0.126. The highest BCUT2D eigenvalue weighted by atomic mass is 32.2. The second kappa shape index (κ2) is 7.97. The van der Waals surface area contributed by atoms with E-state index in [2.05, 4.69) is 5.32 Å². The molecule has 1 amide bonds. The molecule has 0 heterocycles. The monoisotopic (exact) mass is 346 g/mol. The third-order valence-corrected chi connectivity index (χ3v) is 4.73. The van der Waals surface area contributed by atoms with Crippen LogP contribution < -0.4 is 9.62 Å². The first-order valence-corrected chi connectivity index (χ1v) is 9.56. The first-order chi connectivity index (χ1) is 11.4. The average molecular weight is 346 g/mol. The molecule has 5 nitrogen and oxygen atoms in total. The molecule has 24 heavy (non-hydrogen) atoms. The molecule has 0 saturated heterocycles. The topological polar surface area (TPSA) is 66.5 Å². The fraction of sp³-hybridized carbons (Fsp3) is 0.278. The molecule has 0 aliphatic carbocycles. The van der Waals surface area contributed by atoms with Gasteiger partial charge in [0.1, 0.15) is 0 Å². The van der Waals surface area contributed by atoms with Crippen molar-refractivity contribution in [3.05, 3.63) is 65.7 Å². The predicted octanol–water partition coefficient (Wildman–Crippen LogP) is 2.12. The Balaban J connectivity index is 1.95. The van der Waals surface area contributed by atoms with Crippen molar-refractivity contribution in [3.63, 3.8) is 0 Å². The fourth-order valence-electron chi connectivity index (χ4n) is 2.41. The lowest BCUT2D eigenvalue weighted by Gasteiger charge is -2.23. The molecule has 6 heteroatoms. The van der Waals surface area contributed by atoms with Crippen molar-refractivity contribution in [3.8, 4) is 0 Å². The van der Waals surface area contributed by atoms with Crippen molar-refractivity contribution < 1.29 is 13.2 Å². The number of nitrogens with zero attached hydrogens (tertiary/aromatic N) is 1. The molecular formula is C18H22N2O3S. The molecule has 0 aliphatic heterocycles. The number of carbonyl (C=O) groups excluding carboxylic acids is 1. The van der Waals surface area contributed by atoms with Gasteiger partial charge in [-0.15, -0.1) is 0 Å². The smallest absolute Gasteiger partial charge is 0.232 e. The van der Waals surface area contributed by atoms with E-state index in [9.17, 15) is 13.2 Å². The van der Waals surface area contributed by atoms with Crippen LogP contribution in [0.2, 0.25) is 0 Å². The van der Waals surface area contributed by atoms with E-state index in [1.54, 1.807) is 6.07 Å². The summed E-state index contributed by atoms with van der Waals surface area (Å²) in [6, 6.07) is 16.7. The van der Waals surface area contributed by atoms with E-state index in [4.69, 9.17) is 0 Å². The first kappa shape index (κ1) is 18.0. The van der Waals surface area contributed by atoms with Crippen LogP contribution in [0.4, 0.5) is 5.69 Å². The Kier molecular flexibility index (Phi) is 5.98. The van der Waals surface area contributed by atoms with Crippen LogP contribution in [0.5, 0.6) is 0 Å². The average Bonchev–Trinajstić information content (AvgIpc) is 2.51. The van der Waals surface area contributed by atoms with E-state index < -0.39 is 10.0 Å². The maximum atomic E-state index is 12.0. The SMILES string of the molecule is Cc1cccc(N(CCNC(=O)Cc2ccccc2)S(C)(=O)=O)c1. The number of sulfonamides is 1. The number of hydrogen-bond donors (Lipinski definition) is 1. The molecule has 2 rings (SSSR count). The Morgan fingerprint density at radius 2 is 1.79 bits per heavy atom. The van der Waals surface area contributed by atoms with E-state index in [0.29, 0.717) is 5.69 Å². The molecule has 2 aromatic rings. The van der Waals surface area contributed by atoms with Crippen LogP contribution in [-0.2, 0) is 21.2 Å². The Morgan fingerprint density at radius 1 is 1.08 bits per heavy atom. The van der Waals surface area contributed by atoms with E-state index in [-0.39, 0.29) is 25.4 Å². The largest absolute Gasteiger partial charge is 0.354 e. The number of benzene rings is 2. The van der Waals surface area contributed by atoms with E-state index in [0.717, 1.165) is 11.1 Å². The van der Waals surface area contributed by atoms with Crippen LogP contribution in [0.15, 0.2) is 54.6 Å². The molecule has 0 atom stereocenters. The normalized spacial score (nSPS) is 11.1. The van der Waals surface area contributed by atoms with Gasteiger partial charge in [0.25, 0.3) is 0 Å². The van der Waals surface area contributed by atoms with Gasteiger partial charge in [0, 0.05) is 6.54 Å². The Bertz CT molecular complexity index is 789. The maximum Gasteiger partial charge on any atom is 0.232 e. The van der Waals surface area contributed by atoms with Gasteiger partial charge in [-0.25, -0.2) is 8.42 Å². The minimum Gasteiger partial charge on any atom is -0.354 e. The zero-order chi connectivity index (χ0) is 17.6. The lowest BCUT2D eigenvalue weighted by molar-refractivity contribution is -0.120. The highest BCUT2D eigenvalue weighted by Crippen LogP contribution is 2.18. The molecule has 0 fully saturated rings. The lowest BCUT2D eigenvalue weighted by Crippen LogP contribution is -2.38. The number of rotatable bonds is 7. The Hall–Kier alpha value is -2.34. The van der Waals surface area contributed by atoms with Crippen LogP contribution in [-0.4, -0.2) is 33.7 Å². The van der Waals surface area contributed by atoms with Crippen molar-refractivity contribution >= 4 is 21.6 Å². The summed E-state index contributed by atoms with van der Waals surface area (Å²) >= 11 is 0. The molecule has 2 aromatic carbocycles. The number of nitrogens with one attached hydrogen (secondary N) is 1. The highest BCUT2D eigenvalue weighted by Gasteiger charge is 2.17. The number of hydrogen-bond acceptors (Lipinski definition) is 3. The zero-order valence-electron chi connectivity index (χ0n) is 13.9. The fourth-order valence-corrected chi connectivity index (χ4v) is 3.33. The van der Waals surface area contributed by atoms with Crippen LogP contribution >= 0.6 is 0 Å². The lowest BCUT2D eigenvalue weighted by atomic mass is 10.1. The summed E-state index contributed by atoms with van der Waals surface area (Å²) in [5.41, 5.74) is 2.51. The van der Waals surface area contributed by atoms with Gasteiger partial charge < -0.3 is 5.32 Å². The van der Waals surface area contributed by atoms with Gasteiger partial charge in [0.2, 0.25) is 15.9 Å². The second-order valence-electron chi connectivity index (χ2n) is 5.69. The quantitative estimate of drug-likeness (QED) is 0.835. The van der Waals surface area contributed by atoms with Gasteiger partial charge in [-0.3, -0.25) is 9.10 Å². The van der Waals surface area contributed by atoms with Gasteiger partial charge in [0.05, 0.1) is 24.9 Å². The Labute approximate surface area is 143 Å². The van der Waals surface area contributed by atoms with Crippen molar-refractivity contribution in [2.45, 2.75) is 13.3 Å². The van der Waals surface area contributed by atoms with E-state index >= 15 is 0 Å². The summed E-state index contributed by atoms with van der Waals surface area (Å²) in [5, 5.41) is 2.77. The summed E-state index contributed by atoms with van der Waals surface area (Å²) < 4.78 is 25.4. The van der Waals surface area contributed by atoms with E-state index in [1.165, 1.54) is 10.6 Å². The van der Waals surface area contributed by atoms with Gasteiger partial charge in [0.15, 0.2) is 0 Å². The third kappa shape index (κ3) is 5.38. The summed E-state index contributed by atoms with van der Waals surface area (Å²) in [6.45, 7) is 2.36. The van der Waals surface area contributed by atoms with Gasteiger partial charge in [-0.05, 0) is 30.2 Å². The Morgan fingerprint density at radius 3 is 2.42 bits per heavy atom. The van der Waals surface area contributed by atoms with Crippen molar-refractivity contribution in [1.82, 2.24) is 5.32 Å². The molecule has 1 N–H and O–H groups in total. The van der Waals surface area contributed by atoms with Crippen LogP contribution in [0.25, 0.3) is 0 Å². The molecule has 0 saturated carbocycles. The molecule has 128 valence electrons. The molecule has 0 bridgehead atoms. The van der Waals surface area contributed by atoms with Crippen LogP contribution in [0, 0.1) is 6.92 Å². The molecule has 0 unspecified atom stereocenters. The molecule has 0 aliphatic rings. The molecular weight excluding hydrogens is 324 g/mol. The maximum absolute atomic E-state index is 12.0. The van der Waals surface area contributed by atoms with Crippen molar-refractivity contribution in [2.24, 2.45) is 0 Å². The number of aryl methyl sites for hydroxylation is 1. The zero-order valence-corrected chi connectivity index (χ0v) is 14.7. The second-order valence-corrected chi connectivity index (χ2v) is 7.59. The number of carbonyl (C=O) groups is 1. The third-order valence-electron chi connectivity index (χ3n) is 3.53. The van der Waals surface area contributed by atoms with Crippen molar-refractivity contribution in [2.75, 3.05) is 23.7 Å². The summed E-state index contributed by atoms with van der Waals surface area (Å²) in [7, 11) is -3.41. The van der Waals surface area contributed by atoms with Gasteiger partial charge in [-0.1, -0.05) is 42.5 Å². The summed E-state index contributed by atoms with van der Waals surface area (Å²) in [6.07, 6.45) is 1.45. The summed E-state index contributed by atoms with van der Waals surface area (Å²) in [4.78, 5) is 12.0. The van der Waals surface area contributed by atoms with Crippen LogP contribution in [0.1, 0.15) is 11.1 Å². The molecule has 0 spiro atoms. The number of amides is 1. The minimum absolute atomic E-state index is 0.126. The molecule has 0 radical (unpaired) electrons. The predicted molar refractivity (Wildman–Crippen MR) is 96.5 cm³/mol. The first-order valence-electron chi connectivity index (χ1n) is 7.71. The highest BCUT2D eigenvalue weighted by molar-refractivity contribution is 7.92. The number of anilines is 1. The minimum atomic E-state index is -3.41. The van der Waals surface area contributed by atoms with E-state index in [1.807, 2.05) is 55.5 Å². The van der Waals surface area contributed by atoms with Crippen molar-refractivity contribution in [1.29, 1.82) is 0 Å². The van der Waals surface area contributed by atoms with Crippen LogP contribution in [0.3, 0.4) is 0 Å². The molecule has 0 aromatic heterocycles. The standard InChI is InChI=1S/C18H22N2O3S/c1-15-7-6-10-17(13-15)20(24(2,22)23)12-11-19-18(21)14-16-8-4-3-5-9-16/h3-10,13H,11-12,14H2,1-2H3,(H,19,21).